The molecule has 40 heavy (non-hydrogen) atoms. The number of likely N-dealkylation sites (N-methyl/N-ethyl adjacent to an activating group) is 1. The molecule has 6 rings (SSSR count). The van der Waals surface area contributed by atoms with E-state index in [0.29, 0.717) is 23.1 Å². The third kappa shape index (κ3) is 6.54. The minimum absolute atomic E-state index is 0.0717. The van der Waals surface area contributed by atoms with Gasteiger partial charge in [0.05, 0.1) is 11.0 Å². The van der Waals surface area contributed by atoms with E-state index in [1.165, 1.54) is 26.3 Å². The zero-order valence-electron chi connectivity index (χ0n) is 23.3. The summed E-state index contributed by atoms with van der Waals surface area (Å²) in [5.74, 6) is 0.374. The molecule has 2 aromatic rings. The maximum absolute atomic E-state index is 13.5. The molecule has 0 radical (unpaired) electrons. The second kappa shape index (κ2) is 12.9. The number of aromatic nitrogens is 2. The van der Waals surface area contributed by atoms with Crippen LogP contribution in [0.4, 0.5) is 0 Å². The molecule has 10 heteroatoms. The quantitative estimate of drug-likeness (QED) is 0.367. The van der Waals surface area contributed by atoms with Gasteiger partial charge in [-0.3, -0.25) is 9.59 Å². The van der Waals surface area contributed by atoms with Gasteiger partial charge >= 0.3 is 5.97 Å². The van der Waals surface area contributed by atoms with Gasteiger partial charge in [0.15, 0.2) is 12.3 Å². The SMILES string of the molecule is C1CC2CCCC(C1)C2.CNC(=O)CO/N=C(\C(=O)O)c1nc2ccccc2n(C2CC3CCCC(C2)N3)c1=O. The van der Waals surface area contributed by atoms with Gasteiger partial charge in [-0.2, -0.15) is 0 Å². The van der Waals surface area contributed by atoms with Crippen molar-refractivity contribution < 1.29 is 19.5 Å². The van der Waals surface area contributed by atoms with Crippen LogP contribution in [0.5, 0.6) is 0 Å². The van der Waals surface area contributed by atoms with Gasteiger partial charge in [0, 0.05) is 25.2 Å². The Balaban J connectivity index is 0.000000301. The summed E-state index contributed by atoms with van der Waals surface area (Å²) in [5, 5.41) is 19.2. The summed E-state index contributed by atoms with van der Waals surface area (Å²) in [6.45, 7) is -0.466. The molecule has 2 unspecified atom stereocenters. The van der Waals surface area contributed by atoms with Gasteiger partial charge in [0.1, 0.15) is 0 Å². The van der Waals surface area contributed by atoms with E-state index in [1.54, 1.807) is 48.8 Å². The largest absolute Gasteiger partial charge is 0.476 e. The van der Waals surface area contributed by atoms with Crippen molar-refractivity contribution in [1.82, 2.24) is 20.2 Å². The molecule has 1 aromatic heterocycles. The monoisotopic (exact) mass is 551 g/mol. The van der Waals surface area contributed by atoms with Crippen molar-refractivity contribution in [3.05, 3.63) is 40.3 Å². The lowest BCUT2D eigenvalue weighted by atomic mass is 9.72. The lowest BCUT2D eigenvalue weighted by Gasteiger charge is -2.41. The van der Waals surface area contributed by atoms with Crippen LogP contribution < -0.4 is 16.2 Å². The summed E-state index contributed by atoms with van der Waals surface area (Å²) in [5.41, 5.74) is -0.277. The topological polar surface area (TPSA) is 135 Å². The molecule has 2 atom stereocenters. The number of carboxylic acid groups (broad SMARTS) is 1. The number of oxime groups is 1. The molecule has 4 aliphatic rings. The van der Waals surface area contributed by atoms with E-state index in [9.17, 15) is 19.5 Å². The van der Waals surface area contributed by atoms with Crippen molar-refractivity contribution in [1.29, 1.82) is 0 Å². The summed E-state index contributed by atoms with van der Waals surface area (Å²) in [7, 11) is 1.42. The van der Waals surface area contributed by atoms with Crippen LogP contribution in [0.3, 0.4) is 0 Å². The van der Waals surface area contributed by atoms with Crippen molar-refractivity contribution in [3.8, 4) is 0 Å². The van der Waals surface area contributed by atoms with Crippen LogP contribution in [-0.2, 0) is 14.4 Å². The predicted molar refractivity (Wildman–Crippen MR) is 152 cm³/mol. The molecule has 3 heterocycles. The second-order valence-electron chi connectivity index (χ2n) is 11.8. The minimum Gasteiger partial charge on any atom is -0.476 e. The Morgan fingerprint density at radius 3 is 2.25 bits per heavy atom. The number of benzene rings is 1. The first-order valence-electron chi connectivity index (χ1n) is 14.8. The Labute approximate surface area is 234 Å². The number of aliphatic carboxylic acids is 1. The molecule has 3 N–H and O–H groups in total. The first kappa shape index (κ1) is 28.3. The highest BCUT2D eigenvalue weighted by molar-refractivity contribution is 6.41. The number of amides is 1. The number of rotatable bonds is 6. The van der Waals surface area contributed by atoms with Crippen molar-refractivity contribution in [2.24, 2.45) is 17.0 Å². The van der Waals surface area contributed by atoms with E-state index < -0.39 is 29.8 Å². The van der Waals surface area contributed by atoms with E-state index in [0.717, 1.165) is 37.5 Å². The molecular weight excluding hydrogens is 510 g/mol. The van der Waals surface area contributed by atoms with E-state index in [4.69, 9.17) is 4.84 Å². The number of fused-ring (bicyclic) bond motifs is 5. The molecular formula is C30H41N5O5. The summed E-state index contributed by atoms with van der Waals surface area (Å²) >= 11 is 0. The number of carbonyl (C=O) groups is 2. The van der Waals surface area contributed by atoms with Gasteiger partial charge in [-0.05, 0) is 56.1 Å². The van der Waals surface area contributed by atoms with Crippen LogP contribution in [-0.4, -0.2) is 58.0 Å². The Hall–Kier alpha value is -3.27. The summed E-state index contributed by atoms with van der Waals surface area (Å²) in [6.07, 6.45) is 15.7. The molecule has 4 fully saturated rings. The average Bonchev–Trinajstić information content (AvgIpc) is 2.95. The van der Waals surface area contributed by atoms with Gasteiger partial charge in [0.2, 0.25) is 5.71 Å². The normalized spacial score (nSPS) is 27.7. The number of piperidine rings is 2. The zero-order valence-corrected chi connectivity index (χ0v) is 23.3. The Morgan fingerprint density at radius 1 is 1.02 bits per heavy atom. The summed E-state index contributed by atoms with van der Waals surface area (Å²) in [4.78, 5) is 45.9. The van der Waals surface area contributed by atoms with Crippen LogP contribution in [0.1, 0.15) is 88.8 Å². The Morgan fingerprint density at radius 2 is 1.65 bits per heavy atom. The molecule has 2 saturated heterocycles. The van der Waals surface area contributed by atoms with Gasteiger partial charge in [0.25, 0.3) is 11.5 Å². The molecule has 10 nitrogen and oxygen atoms in total. The number of hydrogen-bond donors (Lipinski definition) is 3. The third-order valence-electron chi connectivity index (χ3n) is 9.02. The number of nitrogens with one attached hydrogen (secondary N) is 2. The smallest absolute Gasteiger partial charge is 0.360 e. The first-order chi connectivity index (χ1) is 19.4. The molecule has 4 bridgehead atoms. The van der Waals surface area contributed by atoms with E-state index in [-0.39, 0.29) is 11.7 Å². The number of hydrogen-bond acceptors (Lipinski definition) is 7. The van der Waals surface area contributed by atoms with Gasteiger partial charge in [-0.1, -0.05) is 62.2 Å². The first-order valence-corrected chi connectivity index (χ1v) is 14.8. The van der Waals surface area contributed by atoms with Crippen molar-refractivity contribution in [3.63, 3.8) is 0 Å². The maximum Gasteiger partial charge on any atom is 0.360 e. The standard InChI is InChI=1S/C21H25N5O5.C9H16/c1-22-17(27)11-31-25-19(21(29)30)18-20(28)26(16-8-3-2-7-15(16)24-18)14-9-12-5-4-6-13(10-14)23-12;1-3-8-5-2-6-9(4-1)7-8/h2-3,7-8,12-14,23H,4-6,9-11H2,1H3,(H,22,27)(H,29,30);8-9H,1-7H2/b25-19-;. The molecule has 1 amide bonds. The maximum atomic E-state index is 13.5. The van der Waals surface area contributed by atoms with E-state index >= 15 is 0 Å². The number of carbonyl (C=O) groups excluding carboxylic acids is 1. The molecule has 0 spiro atoms. The molecule has 2 aliphatic carbocycles. The van der Waals surface area contributed by atoms with E-state index in [1.807, 2.05) is 12.1 Å². The van der Waals surface area contributed by atoms with Crippen LogP contribution in [0.2, 0.25) is 0 Å². The van der Waals surface area contributed by atoms with Gasteiger partial charge in [-0.15, -0.1) is 0 Å². The van der Waals surface area contributed by atoms with Crippen LogP contribution in [0, 0.1) is 11.8 Å². The van der Waals surface area contributed by atoms with Crippen molar-refractivity contribution in [2.45, 2.75) is 95.2 Å². The fraction of sp³-hybridized carbons (Fsp3) is 0.633. The van der Waals surface area contributed by atoms with Crippen LogP contribution in [0.25, 0.3) is 11.0 Å². The van der Waals surface area contributed by atoms with Gasteiger partial charge in [-0.25, -0.2) is 9.78 Å². The third-order valence-corrected chi connectivity index (χ3v) is 9.02. The highest BCUT2D eigenvalue weighted by Gasteiger charge is 2.34. The van der Waals surface area contributed by atoms with Crippen LogP contribution >= 0.6 is 0 Å². The summed E-state index contributed by atoms with van der Waals surface area (Å²) < 4.78 is 1.67. The number of nitrogens with zero attached hydrogens (tertiary/aromatic N) is 3. The lowest BCUT2D eigenvalue weighted by Crippen LogP contribution is -2.50. The second-order valence-corrected chi connectivity index (χ2v) is 11.8. The highest BCUT2D eigenvalue weighted by atomic mass is 16.6. The van der Waals surface area contributed by atoms with Crippen LogP contribution in [0.15, 0.2) is 34.2 Å². The fourth-order valence-corrected chi connectivity index (χ4v) is 7.15. The van der Waals surface area contributed by atoms with Gasteiger partial charge < -0.3 is 25.1 Å². The Kier molecular flexibility index (Phi) is 9.14. The number of para-hydroxylation sites is 2. The average molecular weight is 552 g/mol. The lowest BCUT2D eigenvalue weighted by molar-refractivity contribution is -0.130. The van der Waals surface area contributed by atoms with Crippen molar-refractivity contribution in [2.75, 3.05) is 13.7 Å². The number of carboxylic acids is 1. The summed E-state index contributed by atoms with van der Waals surface area (Å²) in [6, 6.07) is 7.78. The molecule has 216 valence electrons. The molecule has 1 aromatic carbocycles. The molecule has 2 saturated carbocycles. The minimum atomic E-state index is -1.45. The van der Waals surface area contributed by atoms with Crippen molar-refractivity contribution >= 4 is 28.6 Å². The molecule has 2 aliphatic heterocycles. The zero-order chi connectivity index (χ0) is 28.1. The highest BCUT2D eigenvalue weighted by Crippen LogP contribution is 2.39. The predicted octanol–water partition coefficient (Wildman–Crippen LogP) is 3.77. The fourth-order valence-electron chi connectivity index (χ4n) is 7.15. The van der Waals surface area contributed by atoms with E-state index in [2.05, 4.69) is 20.8 Å². The Bertz CT molecular complexity index is 1280.